The number of halogens is 8. The van der Waals surface area contributed by atoms with E-state index in [1.54, 1.807) is 0 Å². The van der Waals surface area contributed by atoms with Crippen molar-refractivity contribution in [3.63, 3.8) is 0 Å². The average Bonchev–Trinajstić information content (AvgIpc) is 2.46. The fourth-order valence-corrected chi connectivity index (χ4v) is 2.18. The van der Waals surface area contributed by atoms with Gasteiger partial charge in [0.2, 0.25) is 5.82 Å². The summed E-state index contributed by atoms with van der Waals surface area (Å²) in [5.74, 6) is -12.7. The van der Waals surface area contributed by atoms with Gasteiger partial charge < -0.3 is 0 Å². The van der Waals surface area contributed by atoms with Crippen molar-refractivity contribution in [2.24, 2.45) is 0 Å². The third-order valence-electron chi connectivity index (χ3n) is 2.75. The first-order chi connectivity index (χ1) is 10.2. The lowest BCUT2D eigenvalue weighted by Gasteiger charge is -2.11. The van der Waals surface area contributed by atoms with E-state index < -0.39 is 61.9 Å². The van der Waals surface area contributed by atoms with Gasteiger partial charge in [-0.05, 0) is 23.7 Å². The molecule has 0 heterocycles. The molecule has 0 saturated carbocycles. The smallest absolute Gasteiger partial charge is 0.253 e. The lowest BCUT2D eigenvalue weighted by molar-refractivity contribution is 0.108. The molecule has 9 heteroatoms. The average molecular weight is 359 g/mol. The topological polar surface area (TPSA) is 17.1 Å². The summed E-state index contributed by atoms with van der Waals surface area (Å²) >= 11 is 10.7. The van der Waals surface area contributed by atoms with E-state index in [4.69, 9.17) is 23.2 Å². The highest BCUT2D eigenvalue weighted by atomic mass is 35.5. The van der Waals surface area contributed by atoms with Gasteiger partial charge in [0, 0.05) is 5.56 Å². The molecule has 0 aliphatic heterocycles. The molecule has 0 aliphatic carbocycles. The SMILES string of the molecule is O=C(Cl)c1cc(F)c(-c2c(F)c(F)c(F)c(F)c2F)cc1Cl. The van der Waals surface area contributed by atoms with Crippen LogP contribution in [0.4, 0.5) is 26.3 Å². The zero-order chi connectivity index (χ0) is 16.8. The number of rotatable bonds is 2. The monoisotopic (exact) mass is 358 g/mol. The molecule has 0 amide bonds. The minimum absolute atomic E-state index is 0.436. The Balaban J connectivity index is 2.84. The molecule has 116 valence electrons. The molecule has 2 aromatic rings. The van der Waals surface area contributed by atoms with E-state index in [0.29, 0.717) is 12.1 Å². The number of benzene rings is 2. The van der Waals surface area contributed by atoms with Crippen molar-refractivity contribution < 1.29 is 31.1 Å². The van der Waals surface area contributed by atoms with Crippen LogP contribution in [0.15, 0.2) is 12.1 Å². The van der Waals surface area contributed by atoms with Crippen LogP contribution in [0.1, 0.15) is 10.4 Å². The molecule has 0 N–H and O–H groups in total. The van der Waals surface area contributed by atoms with Gasteiger partial charge in [-0.2, -0.15) is 0 Å². The molecule has 22 heavy (non-hydrogen) atoms. The van der Waals surface area contributed by atoms with Gasteiger partial charge >= 0.3 is 0 Å². The molecular formula is C13H2Cl2F6O. The van der Waals surface area contributed by atoms with Crippen LogP contribution in [-0.2, 0) is 0 Å². The zero-order valence-corrected chi connectivity index (χ0v) is 11.6. The normalized spacial score (nSPS) is 10.9. The van der Waals surface area contributed by atoms with Crippen molar-refractivity contribution in [2.45, 2.75) is 0 Å². The van der Waals surface area contributed by atoms with Gasteiger partial charge in [-0.1, -0.05) is 11.6 Å². The van der Waals surface area contributed by atoms with Crippen LogP contribution in [0.2, 0.25) is 5.02 Å². The standard InChI is InChI=1S/C13H2Cl2F6O/c14-5-1-4(6(16)2-3(5)13(15)22)7-8(17)10(19)12(21)11(20)9(7)18/h1-2H. The fourth-order valence-electron chi connectivity index (χ4n) is 1.73. The maximum atomic E-state index is 13.9. The van der Waals surface area contributed by atoms with Crippen molar-refractivity contribution in [3.8, 4) is 11.1 Å². The van der Waals surface area contributed by atoms with E-state index in [1.807, 2.05) is 0 Å². The molecule has 0 radical (unpaired) electrons. The molecule has 1 nitrogen and oxygen atoms in total. The van der Waals surface area contributed by atoms with Crippen molar-refractivity contribution in [2.75, 3.05) is 0 Å². The summed E-state index contributed by atoms with van der Waals surface area (Å²) in [5, 5.41) is -1.67. The zero-order valence-electron chi connectivity index (χ0n) is 10.1. The summed E-state index contributed by atoms with van der Waals surface area (Å²) in [7, 11) is 0. The van der Waals surface area contributed by atoms with E-state index in [1.165, 1.54) is 0 Å². The highest BCUT2D eigenvalue weighted by Gasteiger charge is 2.28. The molecular weight excluding hydrogens is 357 g/mol. The second-order valence-corrected chi connectivity index (χ2v) is 4.78. The van der Waals surface area contributed by atoms with Gasteiger partial charge in [0.25, 0.3) is 5.24 Å². The Morgan fingerprint density at radius 1 is 0.818 bits per heavy atom. The van der Waals surface area contributed by atoms with Crippen LogP contribution in [-0.4, -0.2) is 5.24 Å². The summed E-state index contributed by atoms with van der Waals surface area (Å²) in [6.45, 7) is 0. The number of hydrogen-bond acceptors (Lipinski definition) is 1. The first-order valence-corrected chi connectivity index (χ1v) is 6.13. The molecule has 0 fully saturated rings. The van der Waals surface area contributed by atoms with E-state index in [2.05, 4.69) is 0 Å². The maximum Gasteiger partial charge on any atom is 0.253 e. The minimum atomic E-state index is -2.38. The Labute approximate surface area is 129 Å². The number of hydrogen-bond donors (Lipinski definition) is 0. The molecule has 0 atom stereocenters. The minimum Gasteiger partial charge on any atom is -0.276 e. The summed E-state index contributed by atoms with van der Waals surface area (Å²) in [5.41, 5.74) is -3.02. The van der Waals surface area contributed by atoms with Gasteiger partial charge in [0.15, 0.2) is 23.3 Å². The lowest BCUT2D eigenvalue weighted by Crippen LogP contribution is -2.05. The van der Waals surface area contributed by atoms with Crippen LogP contribution in [0.5, 0.6) is 0 Å². The summed E-state index contributed by atoms with van der Waals surface area (Å²) in [6.07, 6.45) is 0. The van der Waals surface area contributed by atoms with Gasteiger partial charge in [-0.3, -0.25) is 4.79 Å². The summed E-state index contributed by atoms with van der Waals surface area (Å²) in [6, 6.07) is 0.982. The van der Waals surface area contributed by atoms with Gasteiger partial charge in [-0.25, -0.2) is 26.3 Å². The molecule has 0 bridgehead atoms. The number of carbonyl (C=O) groups excluding carboxylic acids is 1. The molecule has 0 aromatic heterocycles. The van der Waals surface area contributed by atoms with Gasteiger partial charge in [-0.15, -0.1) is 0 Å². The summed E-state index contributed by atoms with van der Waals surface area (Å²) < 4.78 is 80.4. The highest BCUT2D eigenvalue weighted by molar-refractivity contribution is 6.68. The summed E-state index contributed by atoms with van der Waals surface area (Å²) in [4.78, 5) is 10.9. The van der Waals surface area contributed by atoms with Crippen molar-refractivity contribution in [1.82, 2.24) is 0 Å². The largest absolute Gasteiger partial charge is 0.276 e. The second-order valence-electron chi connectivity index (χ2n) is 4.03. The Morgan fingerprint density at radius 2 is 1.27 bits per heavy atom. The lowest BCUT2D eigenvalue weighted by atomic mass is 10.0. The Morgan fingerprint density at radius 3 is 1.73 bits per heavy atom. The Bertz CT molecular complexity index is 777. The molecule has 0 unspecified atom stereocenters. The molecule has 0 spiro atoms. The van der Waals surface area contributed by atoms with Crippen LogP contribution in [0, 0.1) is 34.9 Å². The van der Waals surface area contributed by atoms with Gasteiger partial charge in [0.1, 0.15) is 5.82 Å². The fraction of sp³-hybridized carbons (Fsp3) is 0. The Kier molecular flexibility index (Phi) is 4.39. The van der Waals surface area contributed by atoms with Crippen LogP contribution in [0.25, 0.3) is 11.1 Å². The van der Waals surface area contributed by atoms with Crippen LogP contribution >= 0.6 is 23.2 Å². The van der Waals surface area contributed by atoms with Crippen molar-refractivity contribution in [1.29, 1.82) is 0 Å². The first-order valence-electron chi connectivity index (χ1n) is 5.37. The van der Waals surface area contributed by atoms with Crippen molar-refractivity contribution in [3.05, 3.63) is 57.6 Å². The van der Waals surface area contributed by atoms with E-state index >= 15 is 0 Å². The van der Waals surface area contributed by atoms with Crippen LogP contribution < -0.4 is 0 Å². The van der Waals surface area contributed by atoms with Crippen LogP contribution in [0.3, 0.4) is 0 Å². The molecule has 0 aliphatic rings. The van der Waals surface area contributed by atoms with E-state index in [0.717, 1.165) is 0 Å². The van der Waals surface area contributed by atoms with Gasteiger partial charge in [0.05, 0.1) is 16.1 Å². The quantitative estimate of drug-likeness (QED) is 0.311. The Hall–Kier alpha value is -1.73. The predicted molar refractivity (Wildman–Crippen MR) is 66.8 cm³/mol. The molecule has 0 saturated heterocycles. The van der Waals surface area contributed by atoms with Crippen molar-refractivity contribution >= 4 is 28.4 Å². The maximum absolute atomic E-state index is 13.9. The number of carbonyl (C=O) groups is 1. The molecule has 2 rings (SSSR count). The third kappa shape index (κ3) is 2.55. The molecule has 2 aromatic carbocycles. The first kappa shape index (κ1) is 16.6. The highest BCUT2D eigenvalue weighted by Crippen LogP contribution is 2.35. The second kappa shape index (κ2) is 5.81. The third-order valence-corrected chi connectivity index (χ3v) is 3.26. The predicted octanol–water partition coefficient (Wildman–Crippen LogP) is 5.22. The van der Waals surface area contributed by atoms with E-state index in [9.17, 15) is 31.1 Å². The van der Waals surface area contributed by atoms with E-state index in [-0.39, 0.29) is 0 Å².